The summed E-state index contributed by atoms with van der Waals surface area (Å²) in [7, 11) is 0. The maximum Gasteiger partial charge on any atom is 0.417 e. The quantitative estimate of drug-likeness (QED) is 0.292. The molecule has 4 aromatic rings. The second-order valence-electron chi connectivity index (χ2n) is 10.8. The van der Waals surface area contributed by atoms with Crippen molar-refractivity contribution in [2.45, 2.75) is 51.9 Å². The highest BCUT2D eigenvalue weighted by molar-refractivity contribution is 5.92. The lowest BCUT2D eigenvalue weighted by molar-refractivity contribution is -0.137. The van der Waals surface area contributed by atoms with E-state index in [1.165, 1.54) is 6.07 Å². The van der Waals surface area contributed by atoms with Gasteiger partial charge < -0.3 is 20.4 Å². The number of nitrogen functional groups attached to an aromatic ring is 1. The maximum atomic E-state index is 12.9. The van der Waals surface area contributed by atoms with E-state index in [2.05, 4.69) is 34.1 Å². The van der Waals surface area contributed by atoms with Crippen LogP contribution in [0.25, 0.3) is 22.7 Å². The summed E-state index contributed by atoms with van der Waals surface area (Å²) in [5.41, 5.74) is 9.26. The smallest absolute Gasteiger partial charge is 0.417 e. The van der Waals surface area contributed by atoms with Crippen LogP contribution in [0, 0.1) is 0 Å². The Hall–Kier alpha value is -4.19. The van der Waals surface area contributed by atoms with Gasteiger partial charge in [-0.3, -0.25) is 9.69 Å². The number of amides is 1. The lowest BCUT2D eigenvalue weighted by atomic mass is 10.0. The largest absolute Gasteiger partial charge is 0.434 e. The van der Waals surface area contributed by atoms with Crippen molar-refractivity contribution in [3.05, 3.63) is 59.9 Å². The second-order valence-corrected chi connectivity index (χ2v) is 10.8. The Morgan fingerprint density at radius 3 is 2.51 bits per heavy atom. The number of nitrogens with two attached hydrogens (primary N) is 1. The van der Waals surface area contributed by atoms with Crippen molar-refractivity contribution in [1.82, 2.24) is 19.9 Å². The highest BCUT2D eigenvalue weighted by atomic mass is 19.4. The van der Waals surface area contributed by atoms with Crippen molar-refractivity contribution in [3.8, 4) is 11.6 Å². The van der Waals surface area contributed by atoms with Gasteiger partial charge in [0.15, 0.2) is 5.58 Å². The maximum absolute atomic E-state index is 12.9. The van der Waals surface area contributed by atoms with Crippen molar-refractivity contribution < 1.29 is 22.4 Å². The van der Waals surface area contributed by atoms with Crippen LogP contribution in [0.5, 0.6) is 0 Å². The molecule has 0 spiro atoms. The van der Waals surface area contributed by atoms with E-state index in [0.717, 1.165) is 17.8 Å². The first kappa shape index (κ1) is 28.3. The molecule has 0 saturated carbocycles. The molecule has 2 atom stereocenters. The van der Waals surface area contributed by atoms with E-state index in [0.29, 0.717) is 53.0 Å². The third-order valence-electron chi connectivity index (χ3n) is 7.26. The first-order valence-corrected chi connectivity index (χ1v) is 13.4. The van der Waals surface area contributed by atoms with Crippen LogP contribution < -0.4 is 16.0 Å². The van der Waals surface area contributed by atoms with Crippen molar-refractivity contribution in [2.24, 2.45) is 0 Å². The number of hydrogen-bond acceptors (Lipinski definition) is 8. The molecule has 2 unspecified atom stereocenters. The summed E-state index contributed by atoms with van der Waals surface area (Å²) in [6.45, 7) is 9.29. The Labute approximate surface area is 235 Å². The van der Waals surface area contributed by atoms with Crippen molar-refractivity contribution in [2.75, 3.05) is 35.6 Å². The monoisotopic (exact) mass is 567 g/mol. The Balaban J connectivity index is 1.20. The zero-order valence-electron chi connectivity index (χ0n) is 23.2. The molecular formula is C29H32F3N7O2. The number of fused-ring (bicyclic) bond motifs is 1. The van der Waals surface area contributed by atoms with Crippen LogP contribution in [0.2, 0.25) is 0 Å². The SMILES string of the molecule is CC(C)c1cc(N)cc2nc(-c3ccc(NC(=O)CN4CC(C)N(c5ccc(C(F)(F)F)cn5)CC4C)cn3)oc12. The fourth-order valence-electron chi connectivity index (χ4n) is 5.06. The number of nitrogens with one attached hydrogen (secondary N) is 1. The second kappa shape index (κ2) is 11.0. The molecule has 1 aliphatic heterocycles. The molecule has 1 saturated heterocycles. The predicted molar refractivity (Wildman–Crippen MR) is 151 cm³/mol. The van der Waals surface area contributed by atoms with Crippen molar-refractivity contribution in [3.63, 3.8) is 0 Å². The van der Waals surface area contributed by atoms with Crippen LogP contribution >= 0.6 is 0 Å². The Morgan fingerprint density at radius 1 is 1.10 bits per heavy atom. The Morgan fingerprint density at radius 2 is 1.88 bits per heavy atom. The molecule has 9 nitrogen and oxygen atoms in total. The van der Waals surface area contributed by atoms with Crippen LogP contribution in [0.3, 0.4) is 0 Å². The van der Waals surface area contributed by atoms with Gasteiger partial charge in [0.2, 0.25) is 11.8 Å². The molecule has 5 rings (SSSR count). The van der Waals surface area contributed by atoms with E-state index >= 15 is 0 Å². The number of hydrogen-bond donors (Lipinski definition) is 2. The summed E-state index contributed by atoms with van der Waals surface area (Å²) in [5.74, 6) is 0.866. The van der Waals surface area contributed by atoms with Gasteiger partial charge in [-0.25, -0.2) is 15.0 Å². The van der Waals surface area contributed by atoms with E-state index in [9.17, 15) is 18.0 Å². The third-order valence-corrected chi connectivity index (χ3v) is 7.26. The highest BCUT2D eigenvalue weighted by Crippen LogP contribution is 2.32. The summed E-state index contributed by atoms with van der Waals surface area (Å²) in [4.78, 5) is 29.9. The zero-order chi connectivity index (χ0) is 29.5. The fraction of sp³-hybridized carbons (Fsp3) is 0.379. The average Bonchev–Trinajstić information content (AvgIpc) is 3.34. The summed E-state index contributed by atoms with van der Waals surface area (Å²) in [5, 5.41) is 2.88. The molecule has 0 radical (unpaired) electrons. The standard InChI is InChI=1S/C29H32F3N7O2/c1-16(2)22-9-20(33)10-24-27(22)41-28(37-24)23-7-6-21(12-34-23)36-26(40)15-38-13-18(4)39(14-17(38)3)25-8-5-19(11-35-25)29(30,31)32/h5-12,16-18H,13-15,33H2,1-4H3,(H,36,40). The minimum atomic E-state index is -4.43. The molecule has 1 aliphatic rings. The van der Waals surface area contributed by atoms with Gasteiger partial charge in [0.25, 0.3) is 0 Å². The van der Waals surface area contributed by atoms with Gasteiger partial charge in [0.05, 0.1) is 24.0 Å². The average molecular weight is 568 g/mol. The van der Waals surface area contributed by atoms with Gasteiger partial charge in [-0.05, 0) is 56.2 Å². The van der Waals surface area contributed by atoms with Gasteiger partial charge in [-0.2, -0.15) is 13.2 Å². The number of halogens is 3. The van der Waals surface area contributed by atoms with E-state index < -0.39 is 11.7 Å². The van der Waals surface area contributed by atoms with Crippen molar-refractivity contribution in [1.29, 1.82) is 0 Å². The highest BCUT2D eigenvalue weighted by Gasteiger charge is 2.33. The molecular weight excluding hydrogens is 535 g/mol. The van der Waals surface area contributed by atoms with E-state index in [-0.39, 0.29) is 30.5 Å². The lowest BCUT2D eigenvalue weighted by Gasteiger charge is -2.44. The molecule has 3 N–H and O–H groups in total. The van der Waals surface area contributed by atoms with Gasteiger partial charge >= 0.3 is 6.18 Å². The number of oxazole rings is 1. The molecule has 4 heterocycles. The summed E-state index contributed by atoms with van der Waals surface area (Å²) in [6.07, 6.45) is -2.02. The number of rotatable bonds is 6. The molecule has 12 heteroatoms. The Bertz CT molecular complexity index is 1540. The molecule has 216 valence electrons. The molecule has 1 aromatic carbocycles. The lowest BCUT2D eigenvalue weighted by Crippen LogP contribution is -2.58. The van der Waals surface area contributed by atoms with Gasteiger partial charge in [0.1, 0.15) is 17.0 Å². The van der Waals surface area contributed by atoms with E-state index in [1.54, 1.807) is 24.4 Å². The molecule has 1 amide bonds. The summed E-state index contributed by atoms with van der Waals surface area (Å²) >= 11 is 0. The number of carbonyl (C=O) groups is 1. The van der Waals surface area contributed by atoms with Crippen LogP contribution in [0.1, 0.15) is 44.7 Å². The zero-order valence-corrected chi connectivity index (χ0v) is 23.2. The van der Waals surface area contributed by atoms with Crippen LogP contribution in [0.4, 0.5) is 30.4 Å². The minimum absolute atomic E-state index is 0.0227. The number of pyridine rings is 2. The van der Waals surface area contributed by atoms with Crippen molar-refractivity contribution >= 4 is 34.2 Å². The van der Waals surface area contributed by atoms with Crippen LogP contribution in [-0.4, -0.2) is 57.5 Å². The number of nitrogens with zero attached hydrogens (tertiary/aromatic N) is 5. The first-order chi connectivity index (χ1) is 19.4. The first-order valence-electron chi connectivity index (χ1n) is 13.4. The van der Waals surface area contributed by atoms with Crippen LogP contribution in [-0.2, 0) is 11.0 Å². The third kappa shape index (κ3) is 6.12. The summed E-state index contributed by atoms with van der Waals surface area (Å²) < 4.78 is 44.7. The van der Waals surface area contributed by atoms with Gasteiger partial charge in [0, 0.05) is 42.6 Å². The van der Waals surface area contributed by atoms with E-state index in [4.69, 9.17) is 10.2 Å². The molecule has 0 bridgehead atoms. The number of alkyl halides is 3. The normalized spacial score (nSPS) is 18.3. The number of aromatic nitrogens is 3. The molecule has 41 heavy (non-hydrogen) atoms. The fourth-order valence-corrected chi connectivity index (χ4v) is 5.06. The number of benzene rings is 1. The van der Waals surface area contributed by atoms with E-state index in [1.807, 2.05) is 29.7 Å². The number of carbonyl (C=O) groups excluding carboxylic acids is 1. The predicted octanol–water partition coefficient (Wildman–Crippen LogP) is 5.55. The van der Waals surface area contributed by atoms with Gasteiger partial charge in [-0.15, -0.1) is 0 Å². The Kier molecular flexibility index (Phi) is 7.60. The van der Waals surface area contributed by atoms with Gasteiger partial charge in [-0.1, -0.05) is 13.8 Å². The molecule has 1 fully saturated rings. The summed E-state index contributed by atoms with van der Waals surface area (Å²) in [6, 6.07) is 9.50. The number of anilines is 3. The van der Waals surface area contributed by atoms with Crippen LogP contribution in [0.15, 0.2) is 53.2 Å². The minimum Gasteiger partial charge on any atom is -0.434 e. The number of piperazine rings is 1. The molecule has 3 aromatic heterocycles. The molecule has 0 aliphatic carbocycles. The topological polar surface area (TPSA) is 113 Å².